The van der Waals surface area contributed by atoms with Gasteiger partial charge in [-0.1, -0.05) is 70.4 Å². The van der Waals surface area contributed by atoms with Gasteiger partial charge in [-0.2, -0.15) is 0 Å². The molecule has 4 N–H and O–H groups in total. The normalized spacial score (nSPS) is 15.3. The van der Waals surface area contributed by atoms with E-state index in [-0.39, 0.29) is 13.0 Å². The number of hydrogen-bond donors (Lipinski definition) is 4. The van der Waals surface area contributed by atoms with Gasteiger partial charge in [0, 0.05) is 6.42 Å². The van der Waals surface area contributed by atoms with Crippen LogP contribution < -0.4 is 0 Å². The highest BCUT2D eigenvalue weighted by molar-refractivity contribution is 7.47. The van der Waals surface area contributed by atoms with E-state index in [2.05, 4.69) is 28.1 Å². The Kier molecular flexibility index (Phi) is 22.1. The van der Waals surface area contributed by atoms with Gasteiger partial charge < -0.3 is 24.9 Å². The molecule has 0 rings (SSSR count). The van der Waals surface area contributed by atoms with Crippen LogP contribution in [0.1, 0.15) is 96.8 Å². The lowest BCUT2D eigenvalue weighted by Gasteiger charge is -2.16. The maximum Gasteiger partial charge on any atom is 0.472 e. The molecule has 0 heterocycles. The van der Waals surface area contributed by atoms with Crippen molar-refractivity contribution in [3.05, 3.63) is 12.2 Å². The smallest absolute Gasteiger partial charge is 0.463 e. The molecule has 10 heteroatoms. The molecule has 34 heavy (non-hydrogen) atoms. The zero-order valence-electron chi connectivity index (χ0n) is 20.8. The predicted molar refractivity (Wildman–Crippen MR) is 131 cm³/mol. The molecule has 3 atom stereocenters. The molecule has 0 aromatic carbocycles. The summed E-state index contributed by atoms with van der Waals surface area (Å²) in [4.78, 5) is 21.1. The van der Waals surface area contributed by atoms with E-state index in [9.17, 15) is 19.4 Å². The number of carbonyl (C=O) groups is 1. The molecule has 202 valence electrons. The zero-order chi connectivity index (χ0) is 25.5. The number of carbonyl (C=O) groups excluding carboxylic acids is 1. The summed E-state index contributed by atoms with van der Waals surface area (Å²) in [7, 11) is -4.48. The highest BCUT2D eigenvalue weighted by Gasteiger charge is 2.24. The van der Waals surface area contributed by atoms with Crippen molar-refractivity contribution in [3.63, 3.8) is 0 Å². The second-order valence-corrected chi connectivity index (χ2v) is 10.0. The molecule has 0 aliphatic heterocycles. The number of allylic oxidation sites excluding steroid dienone is 2. The number of aliphatic hydroxyl groups is 3. The maximum absolute atomic E-state index is 11.7. The fraction of sp³-hybridized carbons (Fsp3) is 0.875. The van der Waals surface area contributed by atoms with Crippen molar-refractivity contribution in [2.24, 2.45) is 0 Å². The monoisotopic (exact) mass is 510 g/mol. The second kappa shape index (κ2) is 22.7. The van der Waals surface area contributed by atoms with Crippen molar-refractivity contribution in [1.82, 2.24) is 0 Å². The molecule has 9 nitrogen and oxygen atoms in total. The molecule has 1 unspecified atom stereocenters. The molecule has 0 fully saturated rings. The van der Waals surface area contributed by atoms with Crippen molar-refractivity contribution < 1.29 is 43.4 Å². The van der Waals surface area contributed by atoms with E-state index in [0.29, 0.717) is 6.42 Å². The second-order valence-electron chi connectivity index (χ2n) is 8.57. The number of ether oxygens (including phenoxy) is 1. The third-order valence-electron chi connectivity index (χ3n) is 5.15. The summed E-state index contributed by atoms with van der Waals surface area (Å²) in [5.74, 6) is -0.439. The third-order valence-corrected chi connectivity index (χ3v) is 6.10. The quantitative estimate of drug-likeness (QED) is 0.0642. The molecule has 0 spiro atoms. The van der Waals surface area contributed by atoms with Crippen LogP contribution in [0.15, 0.2) is 12.2 Å². The van der Waals surface area contributed by atoms with Crippen molar-refractivity contribution in [1.29, 1.82) is 0 Å². The van der Waals surface area contributed by atoms with Gasteiger partial charge in [-0.3, -0.25) is 13.8 Å². The largest absolute Gasteiger partial charge is 0.472 e. The standard InChI is InChI=1S/C24H47O9P/c1-2-3-4-5-6-7-8-9-10-11-12-13-14-15-16-17-24(28)31-19-23(27)21-33-34(29,30)32-20-22(26)18-25/h9-10,22-23,25-27H,2-8,11-21H2,1H3,(H,29,30)/b10-9-/t22-,23+/m0/s1. The predicted octanol–water partition coefficient (Wildman–Crippen LogP) is 4.41. The van der Waals surface area contributed by atoms with Gasteiger partial charge in [0.1, 0.15) is 18.8 Å². The van der Waals surface area contributed by atoms with Gasteiger partial charge in [-0.15, -0.1) is 0 Å². The number of unbranched alkanes of at least 4 members (excludes halogenated alkanes) is 11. The molecule has 0 saturated carbocycles. The summed E-state index contributed by atoms with van der Waals surface area (Å²) < 4.78 is 25.5. The first-order chi connectivity index (χ1) is 16.3. The molecule has 0 aliphatic carbocycles. The summed E-state index contributed by atoms with van der Waals surface area (Å²) >= 11 is 0. The van der Waals surface area contributed by atoms with Crippen LogP contribution >= 0.6 is 7.82 Å². The minimum atomic E-state index is -4.48. The molecule has 0 saturated heterocycles. The Balaban J connectivity index is 3.56. The number of esters is 1. The van der Waals surface area contributed by atoms with Gasteiger partial charge in [0.05, 0.1) is 19.8 Å². The Labute approximate surface area is 205 Å². The van der Waals surface area contributed by atoms with Crippen molar-refractivity contribution >= 4 is 13.8 Å². The van der Waals surface area contributed by atoms with E-state index in [1.165, 1.54) is 44.9 Å². The van der Waals surface area contributed by atoms with Crippen LogP contribution in [-0.4, -0.2) is 64.8 Å². The Hall–Kier alpha value is -0.800. The SMILES string of the molecule is CCCCCCCC/C=C\CCCCCCCC(=O)OC[C@@H](O)COP(=O)(O)OC[C@@H](O)CO. The minimum absolute atomic E-state index is 0.256. The number of phosphoric ester groups is 1. The first kappa shape index (κ1) is 33.2. The highest BCUT2D eigenvalue weighted by atomic mass is 31.2. The summed E-state index contributed by atoms with van der Waals surface area (Å²) in [5.41, 5.74) is 0. The van der Waals surface area contributed by atoms with E-state index in [1.807, 2.05) is 0 Å². The van der Waals surface area contributed by atoms with E-state index < -0.39 is 45.8 Å². The van der Waals surface area contributed by atoms with Gasteiger partial charge in [0.15, 0.2) is 0 Å². The van der Waals surface area contributed by atoms with Crippen LogP contribution in [0.25, 0.3) is 0 Å². The van der Waals surface area contributed by atoms with Crippen molar-refractivity contribution in [2.45, 2.75) is 109 Å². The Morgan fingerprint density at radius 2 is 1.29 bits per heavy atom. The fourth-order valence-electron chi connectivity index (χ4n) is 3.10. The molecule has 0 aromatic rings. The molecule has 0 aromatic heterocycles. The maximum atomic E-state index is 11.7. The average molecular weight is 511 g/mol. The van der Waals surface area contributed by atoms with Gasteiger partial charge in [0.25, 0.3) is 0 Å². The lowest BCUT2D eigenvalue weighted by Crippen LogP contribution is -2.24. The zero-order valence-corrected chi connectivity index (χ0v) is 21.7. The number of rotatable bonds is 24. The minimum Gasteiger partial charge on any atom is -0.463 e. The van der Waals surface area contributed by atoms with Crippen LogP contribution in [0.2, 0.25) is 0 Å². The number of aliphatic hydroxyl groups excluding tert-OH is 3. The molecular weight excluding hydrogens is 463 g/mol. The fourth-order valence-corrected chi connectivity index (χ4v) is 3.90. The number of phosphoric acid groups is 1. The Morgan fingerprint density at radius 3 is 1.85 bits per heavy atom. The summed E-state index contributed by atoms with van der Waals surface area (Å²) in [6.45, 7) is 0.0769. The summed E-state index contributed by atoms with van der Waals surface area (Å²) in [6.07, 6.45) is 17.5. The lowest BCUT2D eigenvalue weighted by molar-refractivity contribution is -0.147. The number of hydrogen-bond acceptors (Lipinski definition) is 8. The first-order valence-corrected chi connectivity index (χ1v) is 14.2. The first-order valence-electron chi connectivity index (χ1n) is 12.7. The topological polar surface area (TPSA) is 143 Å². The summed E-state index contributed by atoms with van der Waals surface area (Å²) in [5, 5.41) is 27.4. The Morgan fingerprint density at radius 1 is 0.794 bits per heavy atom. The molecular formula is C24H47O9P. The van der Waals surface area contributed by atoms with E-state index >= 15 is 0 Å². The molecule has 0 radical (unpaired) electrons. The van der Waals surface area contributed by atoms with Gasteiger partial charge in [0.2, 0.25) is 0 Å². The van der Waals surface area contributed by atoms with Crippen LogP contribution in [0.3, 0.4) is 0 Å². The van der Waals surface area contributed by atoms with Crippen molar-refractivity contribution in [2.75, 3.05) is 26.4 Å². The van der Waals surface area contributed by atoms with Crippen LogP contribution in [-0.2, 0) is 23.1 Å². The van der Waals surface area contributed by atoms with Crippen LogP contribution in [0, 0.1) is 0 Å². The van der Waals surface area contributed by atoms with Gasteiger partial charge in [-0.25, -0.2) is 4.57 Å². The van der Waals surface area contributed by atoms with E-state index in [4.69, 9.17) is 14.9 Å². The molecule has 0 amide bonds. The van der Waals surface area contributed by atoms with Gasteiger partial charge >= 0.3 is 13.8 Å². The van der Waals surface area contributed by atoms with E-state index in [0.717, 1.165) is 32.1 Å². The van der Waals surface area contributed by atoms with Gasteiger partial charge in [-0.05, 0) is 32.1 Å². The van der Waals surface area contributed by atoms with Crippen molar-refractivity contribution in [3.8, 4) is 0 Å². The third kappa shape index (κ3) is 23.0. The summed E-state index contributed by atoms with van der Waals surface area (Å²) in [6, 6.07) is 0. The molecule has 0 bridgehead atoms. The average Bonchev–Trinajstić information content (AvgIpc) is 2.82. The highest BCUT2D eigenvalue weighted by Crippen LogP contribution is 2.43. The van der Waals surface area contributed by atoms with E-state index in [1.54, 1.807) is 0 Å². The van der Waals surface area contributed by atoms with Crippen LogP contribution in [0.4, 0.5) is 0 Å². The molecule has 0 aliphatic rings. The van der Waals surface area contributed by atoms with Crippen LogP contribution in [0.5, 0.6) is 0 Å². The Bertz CT molecular complexity index is 557. The lowest BCUT2D eigenvalue weighted by atomic mass is 10.1.